The van der Waals surface area contributed by atoms with Gasteiger partial charge in [-0.25, -0.2) is 0 Å². The number of aliphatic hydroxyl groups excluding tert-OH is 1. The number of methoxy groups -OCH3 is 1. The van der Waals surface area contributed by atoms with E-state index in [1.807, 2.05) is 30.3 Å². The van der Waals surface area contributed by atoms with Crippen molar-refractivity contribution >= 4 is 28.3 Å². The fraction of sp³-hybridized carbons (Fsp3) is 0.250. The molecular weight excluding hydrogens is 498 g/mol. The fourth-order valence-corrected chi connectivity index (χ4v) is 3.95. The molecule has 0 amide bonds. The van der Waals surface area contributed by atoms with Crippen molar-refractivity contribution in [1.82, 2.24) is 5.32 Å². The molecule has 1 atom stereocenters. The van der Waals surface area contributed by atoms with Gasteiger partial charge in [0.15, 0.2) is 23.0 Å². The van der Waals surface area contributed by atoms with Crippen molar-refractivity contribution in [2.75, 3.05) is 20.5 Å². The number of nitrogens with one attached hydrogen (secondary N) is 1. The van der Waals surface area contributed by atoms with Crippen LogP contribution in [0.25, 0.3) is 0 Å². The molecule has 0 saturated heterocycles. The summed E-state index contributed by atoms with van der Waals surface area (Å²) in [6.45, 7) is 1.73. The van der Waals surface area contributed by atoms with Gasteiger partial charge in [0.25, 0.3) is 0 Å². The molecule has 3 aromatic rings. The van der Waals surface area contributed by atoms with Crippen LogP contribution in [0.15, 0.2) is 65.1 Å². The molecule has 0 aliphatic carbocycles. The summed E-state index contributed by atoms with van der Waals surface area (Å²) < 4.78 is 22.9. The van der Waals surface area contributed by atoms with Crippen LogP contribution >= 0.6 is 28.3 Å². The Kier molecular flexibility index (Phi) is 8.64. The van der Waals surface area contributed by atoms with E-state index in [2.05, 4.69) is 33.4 Å². The minimum atomic E-state index is -0.821. The van der Waals surface area contributed by atoms with Crippen molar-refractivity contribution < 1.29 is 24.1 Å². The van der Waals surface area contributed by atoms with Crippen molar-refractivity contribution in [3.8, 4) is 23.0 Å². The number of aliphatic hydroxyl groups is 1. The minimum Gasteiger partial charge on any atom is -0.493 e. The Morgan fingerprint density at radius 2 is 1.75 bits per heavy atom. The SMILES string of the molecule is COc1cc(CNCc2ccccc2)cc(Br)c1OCC(O)c1ccc2c(c1)OCO2.Cl. The van der Waals surface area contributed by atoms with E-state index in [-0.39, 0.29) is 25.8 Å². The summed E-state index contributed by atoms with van der Waals surface area (Å²) in [6, 6.07) is 19.5. The third-order valence-electron chi connectivity index (χ3n) is 4.96. The highest BCUT2D eigenvalue weighted by Gasteiger charge is 2.19. The van der Waals surface area contributed by atoms with E-state index in [4.69, 9.17) is 18.9 Å². The maximum Gasteiger partial charge on any atom is 0.231 e. The largest absolute Gasteiger partial charge is 0.493 e. The van der Waals surface area contributed by atoms with Gasteiger partial charge in [0, 0.05) is 13.1 Å². The first-order valence-corrected chi connectivity index (χ1v) is 10.7. The topological polar surface area (TPSA) is 69.2 Å². The molecule has 0 bridgehead atoms. The van der Waals surface area contributed by atoms with E-state index in [1.54, 1.807) is 25.3 Å². The molecule has 170 valence electrons. The predicted molar refractivity (Wildman–Crippen MR) is 128 cm³/mol. The molecule has 1 aliphatic rings. The summed E-state index contributed by atoms with van der Waals surface area (Å²) in [5, 5.41) is 14.0. The lowest BCUT2D eigenvalue weighted by Crippen LogP contribution is -2.13. The Morgan fingerprint density at radius 3 is 2.53 bits per heavy atom. The van der Waals surface area contributed by atoms with E-state index in [1.165, 1.54) is 5.56 Å². The smallest absolute Gasteiger partial charge is 0.231 e. The van der Waals surface area contributed by atoms with Gasteiger partial charge in [-0.1, -0.05) is 36.4 Å². The zero-order valence-electron chi connectivity index (χ0n) is 17.5. The summed E-state index contributed by atoms with van der Waals surface area (Å²) in [5.41, 5.74) is 2.98. The second kappa shape index (κ2) is 11.4. The third-order valence-corrected chi connectivity index (χ3v) is 5.55. The molecule has 8 heteroatoms. The number of benzene rings is 3. The second-order valence-corrected chi connectivity index (χ2v) is 7.99. The molecule has 1 heterocycles. The van der Waals surface area contributed by atoms with Crippen LogP contribution in [0.1, 0.15) is 22.8 Å². The highest BCUT2D eigenvalue weighted by molar-refractivity contribution is 9.10. The highest BCUT2D eigenvalue weighted by atomic mass is 79.9. The lowest BCUT2D eigenvalue weighted by Gasteiger charge is -2.17. The molecule has 0 aromatic heterocycles. The number of hydrogen-bond acceptors (Lipinski definition) is 6. The van der Waals surface area contributed by atoms with Gasteiger partial charge in [-0.2, -0.15) is 0 Å². The Morgan fingerprint density at radius 1 is 1.00 bits per heavy atom. The zero-order valence-corrected chi connectivity index (χ0v) is 19.9. The zero-order chi connectivity index (χ0) is 21.6. The maximum absolute atomic E-state index is 10.6. The Bertz CT molecular complexity index is 1030. The minimum absolute atomic E-state index is 0. The summed E-state index contributed by atoms with van der Waals surface area (Å²) in [6.07, 6.45) is -0.821. The van der Waals surface area contributed by atoms with Crippen molar-refractivity contribution in [3.63, 3.8) is 0 Å². The fourth-order valence-electron chi connectivity index (χ4n) is 3.34. The van der Waals surface area contributed by atoms with Crippen molar-refractivity contribution in [3.05, 3.63) is 81.8 Å². The van der Waals surface area contributed by atoms with E-state index in [9.17, 15) is 5.11 Å². The molecule has 0 radical (unpaired) electrons. The predicted octanol–water partition coefficient (Wildman–Crippen LogP) is 5.01. The van der Waals surface area contributed by atoms with Crippen LogP contribution in [0.5, 0.6) is 23.0 Å². The van der Waals surface area contributed by atoms with Crippen molar-refractivity contribution in [2.24, 2.45) is 0 Å². The van der Waals surface area contributed by atoms with Crippen LogP contribution in [0, 0.1) is 0 Å². The van der Waals surface area contributed by atoms with E-state index in [0.717, 1.165) is 16.6 Å². The molecule has 2 N–H and O–H groups in total. The van der Waals surface area contributed by atoms with Gasteiger partial charge in [-0.05, 0) is 56.9 Å². The van der Waals surface area contributed by atoms with E-state index < -0.39 is 6.10 Å². The molecule has 0 fully saturated rings. The number of halogens is 2. The van der Waals surface area contributed by atoms with Crippen molar-refractivity contribution in [1.29, 1.82) is 0 Å². The van der Waals surface area contributed by atoms with Gasteiger partial charge >= 0.3 is 0 Å². The molecular formula is C24H25BrClNO5. The van der Waals surface area contributed by atoms with Gasteiger partial charge in [-0.3, -0.25) is 0 Å². The number of ether oxygens (including phenoxy) is 4. The number of rotatable bonds is 9. The lowest BCUT2D eigenvalue weighted by atomic mass is 10.1. The van der Waals surface area contributed by atoms with Crippen LogP contribution in [-0.2, 0) is 13.1 Å². The highest BCUT2D eigenvalue weighted by Crippen LogP contribution is 2.38. The Hall–Kier alpha value is -2.45. The first-order chi connectivity index (χ1) is 15.1. The number of fused-ring (bicyclic) bond motifs is 1. The Balaban J connectivity index is 0.00000289. The van der Waals surface area contributed by atoms with Gasteiger partial charge in [0.1, 0.15) is 12.7 Å². The maximum atomic E-state index is 10.6. The normalized spacial score (nSPS) is 12.7. The first kappa shape index (κ1) is 24.2. The lowest BCUT2D eigenvalue weighted by molar-refractivity contribution is 0.105. The van der Waals surface area contributed by atoms with E-state index >= 15 is 0 Å². The van der Waals surface area contributed by atoms with E-state index in [0.29, 0.717) is 35.1 Å². The third kappa shape index (κ3) is 5.86. The number of hydrogen-bond donors (Lipinski definition) is 2. The van der Waals surface area contributed by atoms with Crippen LogP contribution < -0.4 is 24.3 Å². The molecule has 32 heavy (non-hydrogen) atoms. The van der Waals surface area contributed by atoms with Gasteiger partial charge < -0.3 is 29.4 Å². The first-order valence-electron chi connectivity index (χ1n) is 9.95. The monoisotopic (exact) mass is 521 g/mol. The van der Waals surface area contributed by atoms with Crippen LogP contribution in [0.2, 0.25) is 0 Å². The van der Waals surface area contributed by atoms with Gasteiger partial charge in [-0.15, -0.1) is 12.4 Å². The summed E-state index contributed by atoms with van der Waals surface area (Å²) in [7, 11) is 1.60. The average Bonchev–Trinajstić information content (AvgIpc) is 3.26. The molecule has 1 unspecified atom stereocenters. The summed E-state index contributed by atoms with van der Waals surface area (Å²) in [4.78, 5) is 0. The van der Waals surface area contributed by atoms with Crippen LogP contribution in [0.3, 0.4) is 0 Å². The van der Waals surface area contributed by atoms with Crippen molar-refractivity contribution in [2.45, 2.75) is 19.2 Å². The molecule has 0 saturated carbocycles. The molecule has 6 nitrogen and oxygen atoms in total. The van der Waals surface area contributed by atoms with Crippen LogP contribution in [-0.4, -0.2) is 25.6 Å². The molecule has 4 rings (SSSR count). The average molecular weight is 523 g/mol. The van der Waals surface area contributed by atoms with Gasteiger partial charge in [0.2, 0.25) is 6.79 Å². The molecule has 3 aromatic carbocycles. The van der Waals surface area contributed by atoms with Crippen LogP contribution in [0.4, 0.5) is 0 Å². The molecule has 1 aliphatic heterocycles. The quantitative estimate of drug-likeness (QED) is 0.412. The van der Waals surface area contributed by atoms with Gasteiger partial charge in [0.05, 0.1) is 11.6 Å². The Labute approximate surface area is 202 Å². The standard InChI is InChI=1S/C24H24BrNO5.ClH/c1-28-23-10-17(13-26-12-16-5-3-2-4-6-16)9-19(25)24(23)29-14-20(27)18-7-8-21-22(11-18)31-15-30-21;/h2-11,20,26-27H,12-15H2,1H3;1H. The summed E-state index contributed by atoms with van der Waals surface area (Å²) in [5.74, 6) is 2.46. The summed E-state index contributed by atoms with van der Waals surface area (Å²) >= 11 is 3.57. The molecule has 0 spiro atoms. The second-order valence-electron chi connectivity index (χ2n) is 7.14.